The fourth-order valence-corrected chi connectivity index (χ4v) is 4.78. The van der Waals surface area contributed by atoms with Crippen LogP contribution < -0.4 is 5.32 Å². The molecule has 0 unspecified atom stereocenters. The van der Waals surface area contributed by atoms with E-state index in [1.54, 1.807) is 23.9 Å². The molecule has 0 saturated heterocycles. The number of carbonyl (C=O) groups excluding carboxylic acids is 1. The number of halogens is 1. The zero-order valence-electron chi connectivity index (χ0n) is 19.2. The Kier molecular flexibility index (Phi) is 7.52. The number of aromatic nitrogens is 4. The Labute approximate surface area is 207 Å². The molecule has 0 fully saturated rings. The number of H-pyrrole nitrogens is 1. The maximum atomic E-state index is 11.5. The number of aromatic amines is 1. The van der Waals surface area contributed by atoms with Crippen molar-refractivity contribution in [2.75, 3.05) is 26.0 Å². The summed E-state index contributed by atoms with van der Waals surface area (Å²) in [7, 11) is 4.13. The largest absolute Gasteiger partial charge is 0.327 e. The van der Waals surface area contributed by atoms with Crippen LogP contribution in [-0.2, 0) is 4.79 Å². The highest BCUT2D eigenvalue weighted by Crippen LogP contribution is 2.42. The zero-order valence-corrected chi connectivity index (χ0v) is 20.7. The second-order valence-electron chi connectivity index (χ2n) is 8.02. The normalized spacial score (nSPS) is 11.7. The second-order valence-corrected chi connectivity index (χ2v) is 9.51. The van der Waals surface area contributed by atoms with Gasteiger partial charge in [-0.2, -0.15) is 0 Å². The Morgan fingerprint density at radius 3 is 2.68 bits per heavy atom. The molecule has 1 amide bonds. The van der Waals surface area contributed by atoms with Crippen LogP contribution in [0.15, 0.2) is 61.1 Å². The molecule has 0 spiro atoms. The van der Waals surface area contributed by atoms with Crippen molar-refractivity contribution >= 4 is 40.2 Å². The summed E-state index contributed by atoms with van der Waals surface area (Å²) in [5, 5.41) is 11.7. The lowest BCUT2D eigenvalue weighted by molar-refractivity contribution is -0.114. The van der Waals surface area contributed by atoms with E-state index >= 15 is 0 Å². The van der Waals surface area contributed by atoms with Crippen molar-refractivity contribution in [2.24, 2.45) is 0 Å². The van der Waals surface area contributed by atoms with Crippen LogP contribution in [0.25, 0.3) is 26.7 Å². The number of hydrogen-bond donors (Lipinski definition) is 2. The molecule has 0 aliphatic carbocycles. The van der Waals surface area contributed by atoms with Gasteiger partial charge in [-0.25, -0.2) is 4.98 Å². The van der Waals surface area contributed by atoms with Crippen LogP contribution in [0.2, 0.25) is 5.02 Å². The lowest BCUT2D eigenvalue weighted by Gasteiger charge is -2.11. The molecule has 4 rings (SSSR count). The van der Waals surface area contributed by atoms with E-state index in [1.165, 1.54) is 6.92 Å². The molecule has 9 heteroatoms. The number of benzene rings is 1. The smallest absolute Gasteiger partial charge is 0.222 e. The molecule has 0 atom stereocenters. The summed E-state index contributed by atoms with van der Waals surface area (Å²) in [4.78, 5) is 23.1. The standard InChI is InChI=1S/C25H25ClN6OS/c1-16(33)30-23-13-18(10-11-27-23)22-14-21(24(34-22)25-28-15-29-31-25)20(5-4-12-32(2)3)17-6-8-19(26)9-7-17/h5-11,13-15H,4,12H2,1-3H3,(H,27,30,33)(H,28,29,31)/b20-5+. The topological polar surface area (TPSA) is 86.8 Å². The van der Waals surface area contributed by atoms with Crippen molar-refractivity contribution in [2.45, 2.75) is 13.3 Å². The number of thiophene rings is 1. The Morgan fingerprint density at radius 2 is 2.00 bits per heavy atom. The van der Waals surface area contributed by atoms with Gasteiger partial charge in [-0.3, -0.25) is 4.79 Å². The van der Waals surface area contributed by atoms with E-state index in [9.17, 15) is 4.79 Å². The molecule has 0 saturated carbocycles. The minimum atomic E-state index is -0.160. The molecular formula is C25H25ClN6OS. The predicted octanol–water partition coefficient (Wildman–Crippen LogP) is 5.59. The summed E-state index contributed by atoms with van der Waals surface area (Å²) < 4.78 is 0. The Morgan fingerprint density at radius 1 is 1.21 bits per heavy atom. The van der Waals surface area contributed by atoms with E-state index < -0.39 is 0 Å². The molecule has 1 aromatic carbocycles. The van der Waals surface area contributed by atoms with Gasteiger partial charge in [0.25, 0.3) is 0 Å². The summed E-state index contributed by atoms with van der Waals surface area (Å²) >= 11 is 7.78. The second kappa shape index (κ2) is 10.7. The molecule has 174 valence electrons. The van der Waals surface area contributed by atoms with Crippen molar-refractivity contribution < 1.29 is 4.79 Å². The van der Waals surface area contributed by atoms with Crippen molar-refractivity contribution in [3.63, 3.8) is 0 Å². The van der Waals surface area contributed by atoms with Gasteiger partial charge >= 0.3 is 0 Å². The van der Waals surface area contributed by atoms with E-state index in [0.29, 0.717) is 16.7 Å². The van der Waals surface area contributed by atoms with Crippen LogP contribution in [0.4, 0.5) is 5.82 Å². The first kappa shape index (κ1) is 23.8. The lowest BCUT2D eigenvalue weighted by atomic mass is 9.96. The van der Waals surface area contributed by atoms with Crippen LogP contribution in [-0.4, -0.2) is 51.6 Å². The predicted molar refractivity (Wildman–Crippen MR) is 139 cm³/mol. The van der Waals surface area contributed by atoms with Gasteiger partial charge in [0.1, 0.15) is 12.1 Å². The van der Waals surface area contributed by atoms with Crippen molar-refractivity contribution in [3.8, 4) is 21.1 Å². The summed E-state index contributed by atoms with van der Waals surface area (Å²) in [6.07, 6.45) is 6.41. The number of anilines is 1. The fraction of sp³-hybridized carbons (Fsp3) is 0.200. The Bertz CT molecular complexity index is 1300. The van der Waals surface area contributed by atoms with Crippen LogP contribution in [0, 0.1) is 0 Å². The van der Waals surface area contributed by atoms with Crippen LogP contribution in [0.5, 0.6) is 0 Å². The molecule has 3 heterocycles. The van der Waals surface area contributed by atoms with Gasteiger partial charge in [-0.1, -0.05) is 29.8 Å². The number of pyridine rings is 1. The molecule has 0 bridgehead atoms. The molecule has 7 nitrogen and oxygen atoms in total. The number of nitrogens with one attached hydrogen (secondary N) is 2. The average molecular weight is 493 g/mol. The fourth-order valence-electron chi connectivity index (χ4n) is 3.54. The van der Waals surface area contributed by atoms with E-state index in [-0.39, 0.29) is 5.91 Å². The third-order valence-corrected chi connectivity index (χ3v) is 6.53. The third-order valence-electron chi connectivity index (χ3n) is 5.08. The highest BCUT2D eigenvalue weighted by Gasteiger charge is 2.19. The van der Waals surface area contributed by atoms with Crippen molar-refractivity contribution in [1.82, 2.24) is 25.1 Å². The monoisotopic (exact) mass is 492 g/mol. The number of carbonyl (C=O) groups is 1. The Balaban J connectivity index is 1.84. The lowest BCUT2D eigenvalue weighted by Crippen LogP contribution is -2.12. The van der Waals surface area contributed by atoms with Gasteiger partial charge in [0.05, 0.1) is 4.88 Å². The summed E-state index contributed by atoms with van der Waals surface area (Å²) in [6.45, 7) is 2.40. The summed E-state index contributed by atoms with van der Waals surface area (Å²) in [5.74, 6) is 1.06. The number of nitrogens with zero attached hydrogens (tertiary/aromatic N) is 4. The maximum absolute atomic E-state index is 11.5. The molecule has 0 aliphatic heterocycles. The molecule has 34 heavy (non-hydrogen) atoms. The highest BCUT2D eigenvalue weighted by molar-refractivity contribution is 7.19. The molecule has 4 aromatic rings. The van der Waals surface area contributed by atoms with Gasteiger partial charge in [-0.15, -0.1) is 21.5 Å². The molecule has 0 radical (unpaired) electrons. The highest BCUT2D eigenvalue weighted by atomic mass is 35.5. The first-order chi connectivity index (χ1) is 16.4. The van der Waals surface area contributed by atoms with Gasteiger partial charge in [0.15, 0.2) is 5.82 Å². The maximum Gasteiger partial charge on any atom is 0.222 e. The number of amides is 1. The van der Waals surface area contributed by atoms with E-state index in [2.05, 4.69) is 56.6 Å². The summed E-state index contributed by atoms with van der Waals surface area (Å²) in [6, 6.07) is 13.8. The number of hydrogen-bond acceptors (Lipinski definition) is 6. The van der Waals surface area contributed by atoms with Crippen molar-refractivity contribution in [1.29, 1.82) is 0 Å². The Hall–Kier alpha value is -3.33. The van der Waals surface area contributed by atoms with E-state index in [0.717, 1.165) is 45.0 Å². The molecular weight excluding hydrogens is 468 g/mol. The minimum absolute atomic E-state index is 0.160. The van der Waals surface area contributed by atoms with Gasteiger partial charge in [-0.05, 0) is 67.5 Å². The average Bonchev–Trinajstić information content (AvgIpc) is 3.47. The molecule has 0 aliphatic rings. The van der Waals surface area contributed by atoms with Crippen molar-refractivity contribution in [3.05, 3.63) is 77.2 Å². The van der Waals surface area contributed by atoms with Gasteiger partial charge in [0.2, 0.25) is 5.91 Å². The minimum Gasteiger partial charge on any atom is -0.327 e. The summed E-state index contributed by atoms with van der Waals surface area (Å²) in [5.41, 5.74) is 4.18. The zero-order chi connectivity index (χ0) is 24.1. The first-order valence-corrected chi connectivity index (χ1v) is 12.0. The third kappa shape index (κ3) is 5.77. The van der Waals surface area contributed by atoms with E-state index in [1.807, 2.05) is 36.4 Å². The number of rotatable bonds is 8. The molecule has 3 aromatic heterocycles. The van der Waals surface area contributed by atoms with Gasteiger partial charge < -0.3 is 15.2 Å². The van der Waals surface area contributed by atoms with Crippen LogP contribution >= 0.6 is 22.9 Å². The van der Waals surface area contributed by atoms with Crippen LogP contribution in [0.1, 0.15) is 24.5 Å². The van der Waals surface area contributed by atoms with Crippen LogP contribution in [0.3, 0.4) is 0 Å². The van der Waals surface area contributed by atoms with E-state index in [4.69, 9.17) is 11.6 Å². The SMILES string of the molecule is CC(=O)Nc1cc(-c2cc(/C(=C/CCN(C)C)c3ccc(Cl)cc3)c(-c3nnc[nH]3)s2)ccn1. The molecule has 2 N–H and O–H groups in total. The first-order valence-electron chi connectivity index (χ1n) is 10.8. The quantitative estimate of drug-likeness (QED) is 0.335. The van der Waals surface area contributed by atoms with Gasteiger partial charge in [0, 0.05) is 35.1 Å².